The van der Waals surface area contributed by atoms with Crippen LogP contribution < -0.4 is 0 Å². The molecular formula is C4H11O5PS. The number of phosphoric acid groups is 1. The van der Waals surface area contributed by atoms with Gasteiger partial charge in [0.1, 0.15) is 0 Å². The van der Waals surface area contributed by atoms with Crippen LogP contribution in [-0.4, -0.2) is 27.8 Å². The smallest absolute Gasteiger partial charge is 0.400 e. The summed E-state index contributed by atoms with van der Waals surface area (Å²) in [5.41, 5.74) is 0. The normalized spacial score (nSPS) is 9.82. The van der Waals surface area contributed by atoms with Crippen molar-refractivity contribution in [1.29, 1.82) is 0 Å². The van der Waals surface area contributed by atoms with Crippen molar-refractivity contribution in [3.05, 3.63) is 12.7 Å². The molecule has 0 rings (SSSR count). The Morgan fingerprint density at radius 2 is 2.09 bits per heavy atom. The molecule has 0 heterocycles. The lowest BCUT2D eigenvalue weighted by Gasteiger charge is -1.99. The zero-order valence-corrected chi connectivity index (χ0v) is 7.72. The topological polar surface area (TPSA) is 87.0 Å². The van der Waals surface area contributed by atoms with Gasteiger partial charge >= 0.3 is 7.82 Å². The summed E-state index contributed by atoms with van der Waals surface area (Å²) >= 11 is 0.679. The van der Waals surface area contributed by atoms with Crippen LogP contribution in [0.4, 0.5) is 0 Å². The highest BCUT2D eigenvalue weighted by atomic mass is 32.2. The summed E-state index contributed by atoms with van der Waals surface area (Å²) in [5.74, 6) is 0.366. The van der Waals surface area contributed by atoms with Gasteiger partial charge in [-0.2, -0.15) is 0 Å². The number of aliphatic hydroxyl groups excluding tert-OH is 1. The SMILES string of the molecule is C=CCSOP(=O)(O)O.CO. The molecular weight excluding hydrogens is 191 g/mol. The fraction of sp³-hybridized carbons (Fsp3) is 0.500. The number of hydrogen-bond acceptors (Lipinski definition) is 4. The van der Waals surface area contributed by atoms with Gasteiger partial charge in [-0.15, -0.1) is 6.58 Å². The molecule has 0 aliphatic heterocycles. The van der Waals surface area contributed by atoms with Gasteiger partial charge in [-0.1, -0.05) is 6.08 Å². The molecule has 0 saturated carbocycles. The molecule has 0 spiro atoms. The van der Waals surface area contributed by atoms with Gasteiger partial charge in [0, 0.05) is 24.9 Å². The van der Waals surface area contributed by atoms with Gasteiger partial charge in [0.05, 0.1) is 0 Å². The lowest BCUT2D eigenvalue weighted by Crippen LogP contribution is -1.78. The first-order valence-corrected chi connectivity index (χ1v) is 4.93. The predicted octanol–water partition coefficient (Wildman–Crippen LogP) is 0.538. The van der Waals surface area contributed by atoms with Crippen LogP contribution in [0.1, 0.15) is 0 Å². The lowest BCUT2D eigenvalue weighted by molar-refractivity contribution is 0.299. The third-order valence-electron chi connectivity index (χ3n) is 0.336. The van der Waals surface area contributed by atoms with Crippen molar-refractivity contribution in [3.8, 4) is 0 Å². The summed E-state index contributed by atoms with van der Waals surface area (Å²) in [6.07, 6.45) is 1.49. The van der Waals surface area contributed by atoms with Crippen molar-refractivity contribution in [3.63, 3.8) is 0 Å². The fourth-order valence-corrected chi connectivity index (χ4v) is 1.04. The highest BCUT2D eigenvalue weighted by Crippen LogP contribution is 2.40. The van der Waals surface area contributed by atoms with E-state index in [-0.39, 0.29) is 0 Å². The van der Waals surface area contributed by atoms with E-state index in [9.17, 15) is 4.57 Å². The van der Waals surface area contributed by atoms with Crippen LogP contribution in [0.25, 0.3) is 0 Å². The summed E-state index contributed by atoms with van der Waals surface area (Å²) in [5, 5.41) is 7.00. The van der Waals surface area contributed by atoms with E-state index in [0.717, 1.165) is 7.11 Å². The summed E-state index contributed by atoms with van der Waals surface area (Å²) in [7, 11) is -3.28. The Bertz CT molecular complexity index is 132. The van der Waals surface area contributed by atoms with Gasteiger partial charge in [0.15, 0.2) is 0 Å². The molecule has 5 nitrogen and oxygen atoms in total. The zero-order chi connectivity index (χ0) is 9.33. The highest BCUT2D eigenvalue weighted by molar-refractivity contribution is 7.98. The standard InChI is InChI=1S/C3H7O4PS.CH4O/c1-2-3-9-7-8(4,5)6;1-2/h2H,1,3H2,(H2,4,5,6);2H,1H3. The van der Waals surface area contributed by atoms with E-state index >= 15 is 0 Å². The Hall–Kier alpha value is 0.160. The first kappa shape index (κ1) is 13.7. The molecule has 68 valence electrons. The van der Waals surface area contributed by atoms with E-state index in [1.54, 1.807) is 0 Å². The maximum atomic E-state index is 9.92. The van der Waals surface area contributed by atoms with Crippen LogP contribution in [0.2, 0.25) is 0 Å². The first-order chi connectivity index (χ1) is 5.06. The van der Waals surface area contributed by atoms with E-state index in [4.69, 9.17) is 14.9 Å². The second-order valence-corrected chi connectivity index (χ2v) is 3.28. The molecule has 7 heteroatoms. The second-order valence-electron chi connectivity index (χ2n) is 1.14. The van der Waals surface area contributed by atoms with E-state index in [0.29, 0.717) is 17.8 Å². The van der Waals surface area contributed by atoms with Crippen LogP contribution in [0.15, 0.2) is 12.7 Å². The van der Waals surface area contributed by atoms with Gasteiger partial charge in [0.2, 0.25) is 0 Å². The number of aliphatic hydroxyl groups is 1. The van der Waals surface area contributed by atoms with E-state index in [2.05, 4.69) is 10.5 Å². The molecule has 11 heavy (non-hydrogen) atoms. The summed E-state index contributed by atoms with van der Waals surface area (Å²) in [6, 6.07) is 0. The molecule has 3 N–H and O–H groups in total. The number of rotatable bonds is 4. The number of hydrogen-bond donors (Lipinski definition) is 3. The molecule has 0 aliphatic rings. The van der Waals surface area contributed by atoms with Crippen molar-refractivity contribution >= 4 is 19.9 Å². The molecule has 0 radical (unpaired) electrons. The lowest BCUT2D eigenvalue weighted by atomic mass is 10.8. The monoisotopic (exact) mass is 202 g/mol. The van der Waals surface area contributed by atoms with Crippen LogP contribution in [-0.2, 0) is 8.54 Å². The van der Waals surface area contributed by atoms with Crippen molar-refractivity contribution in [2.75, 3.05) is 12.9 Å². The molecule has 0 aromatic rings. The molecule has 0 fully saturated rings. The molecule has 0 bridgehead atoms. The molecule has 0 aromatic heterocycles. The molecule has 0 unspecified atom stereocenters. The Labute approximate surface area is 69.5 Å². The van der Waals surface area contributed by atoms with Crippen molar-refractivity contribution in [1.82, 2.24) is 0 Å². The van der Waals surface area contributed by atoms with E-state index in [1.807, 2.05) is 0 Å². The third-order valence-corrected chi connectivity index (χ3v) is 1.91. The van der Waals surface area contributed by atoms with Crippen LogP contribution >= 0.6 is 19.9 Å². The first-order valence-electron chi connectivity index (χ1n) is 2.48. The van der Waals surface area contributed by atoms with Gasteiger partial charge in [0.25, 0.3) is 0 Å². The van der Waals surface area contributed by atoms with Crippen molar-refractivity contribution in [2.45, 2.75) is 0 Å². The van der Waals surface area contributed by atoms with Crippen molar-refractivity contribution < 1.29 is 23.4 Å². The molecule has 0 aromatic carbocycles. The van der Waals surface area contributed by atoms with Gasteiger partial charge in [-0.25, -0.2) is 8.54 Å². The van der Waals surface area contributed by atoms with Gasteiger partial charge < -0.3 is 14.9 Å². The molecule has 0 atom stereocenters. The quantitative estimate of drug-likeness (QED) is 0.267. The molecule has 0 aliphatic carbocycles. The average Bonchev–Trinajstić information content (AvgIpc) is 1.90. The molecule has 0 amide bonds. The largest absolute Gasteiger partial charge is 0.480 e. The average molecular weight is 202 g/mol. The van der Waals surface area contributed by atoms with Crippen LogP contribution in [0, 0.1) is 0 Å². The Kier molecular flexibility index (Phi) is 10.3. The van der Waals surface area contributed by atoms with Gasteiger partial charge in [-0.3, -0.25) is 0 Å². The van der Waals surface area contributed by atoms with Crippen LogP contribution in [0.5, 0.6) is 0 Å². The Morgan fingerprint density at radius 3 is 2.36 bits per heavy atom. The van der Waals surface area contributed by atoms with E-state index in [1.165, 1.54) is 6.08 Å². The molecule has 0 saturated heterocycles. The predicted molar refractivity (Wildman–Crippen MR) is 43.9 cm³/mol. The zero-order valence-electron chi connectivity index (χ0n) is 6.01. The fourth-order valence-electron chi connectivity index (χ4n) is 0.147. The van der Waals surface area contributed by atoms with Gasteiger partial charge in [-0.05, 0) is 0 Å². The van der Waals surface area contributed by atoms with Crippen molar-refractivity contribution in [2.24, 2.45) is 0 Å². The maximum Gasteiger partial charge on any atom is 0.480 e. The minimum absolute atomic E-state index is 0.366. The summed E-state index contributed by atoms with van der Waals surface area (Å²) in [6.45, 7) is 3.33. The minimum Gasteiger partial charge on any atom is -0.400 e. The highest BCUT2D eigenvalue weighted by Gasteiger charge is 2.12. The maximum absolute atomic E-state index is 9.92. The minimum atomic E-state index is -4.28. The summed E-state index contributed by atoms with van der Waals surface area (Å²) in [4.78, 5) is 16.2. The summed E-state index contributed by atoms with van der Waals surface area (Å²) < 4.78 is 13.9. The van der Waals surface area contributed by atoms with Crippen LogP contribution in [0.3, 0.4) is 0 Å². The Morgan fingerprint density at radius 1 is 1.64 bits per heavy atom. The third kappa shape index (κ3) is 17.8. The Balaban J connectivity index is 0. The van der Waals surface area contributed by atoms with E-state index < -0.39 is 7.82 Å². The second kappa shape index (κ2) is 8.26.